The molecule has 3 aromatic carbocycles. The first-order valence-electron chi connectivity index (χ1n) is 9.43. The number of amides is 3. The van der Waals surface area contributed by atoms with Crippen molar-refractivity contribution in [3.8, 4) is 11.5 Å². The van der Waals surface area contributed by atoms with Crippen molar-refractivity contribution in [1.29, 1.82) is 0 Å². The third kappa shape index (κ3) is 4.14. The summed E-state index contributed by atoms with van der Waals surface area (Å²) in [7, 11) is 0. The molecule has 1 aliphatic rings. The number of aliphatic hydroxyl groups is 1. The summed E-state index contributed by atoms with van der Waals surface area (Å²) in [6.45, 7) is -0.364. The molecule has 3 aromatic rings. The number of ether oxygens (including phenoxy) is 1. The Morgan fingerprint density at radius 1 is 0.935 bits per heavy atom. The number of carbonyl (C=O) groups is 3. The smallest absolute Gasteiger partial charge is 0.261 e. The molecule has 0 radical (unpaired) electrons. The second-order valence-electron chi connectivity index (χ2n) is 6.76. The van der Waals surface area contributed by atoms with Crippen molar-refractivity contribution in [3.05, 3.63) is 88.4 Å². The normalized spacial score (nSPS) is 12.6. The molecule has 3 amide bonds. The van der Waals surface area contributed by atoms with Gasteiger partial charge in [0.05, 0.1) is 34.9 Å². The molecule has 7 nitrogen and oxygen atoms in total. The lowest BCUT2D eigenvalue weighted by atomic mass is 10.1. The van der Waals surface area contributed by atoms with E-state index < -0.39 is 11.8 Å². The van der Waals surface area contributed by atoms with E-state index in [1.807, 2.05) is 0 Å². The molecule has 0 unspecified atom stereocenters. The molecule has 156 valence electrons. The van der Waals surface area contributed by atoms with Gasteiger partial charge in [0, 0.05) is 11.8 Å². The van der Waals surface area contributed by atoms with Crippen LogP contribution in [-0.4, -0.2) is 40.9 Å². The van der Waals surface area contributed by atoms with E-state index in [0.717, 1.165) is 4.90 Å². The summed E-state index contributed by atoms with van der Waals surface area (Å²) >= 11 is 6.07. The predicted octanol–water partition coefficient (Wildman–Crippen LogP) is 3.97. The van der Waals surface area contributed by atoms with E-state index in [4.69, 9.17) is 21.4 Å². The number of carbonyl (C=O) groups excluding carboxylic acids is 3. The van der Waals surface area contributed by atoms with Crippen LogP contribution in [0.15, 0.2) is 66.7 Å². The lowest BCUT2D eigenvalue weighted by molar-refractivity contribution is 0.0623. The Balaban J connectivity index is 1.52. The molecule has 31 heavy (non-hydrogen) atoms. The van der Waals surface area contributed by atoms with Crippen LogP contribution in [0, 0.1) is 0 Å². The number of nitrogens with one attached hydrogen (secondary N) is 1. The highest BCUT2D eigenvalue weighted by atomic mass is 35.5. The van der Waals surface area contributed by atoms with Gasteiger partial charge in [0.15, 0.2) is 0 Å². The van der Waals surface area contributed by atoms with E-state index in [1.165, 1.54) is 12.1 Å². The van der Waals surface area contributed by atoms with E-state index in [9.17, 15) is 14.4 Å². The Hall–Kier alpha value is -3.68. The van der Waals surface area contributed by atoms with Crippen molar-refractivity contribution in [2.75, 3.05) is 18.5 Å². The van der Waals surface area contributed by atoms with Crippen LogP contribution >= 0.6 is 11.6 Å². The fourth-order valence-electron chi connectivity index (χ4n) is 3.25. The zero-order chi connectivity index (χ0) is 22.0. The quantitative estimate of drug-likeness (QED) is 0.570. The number of β-amino-alcohol motifs (C(OH)–C–C–N with tert-alkyl or cyclic N) is 1. The van der Waals surface area contributed by atoms with E-state index in [-0.39, 0.29) is 30.2 Å². The molecule has 2 N–H and O–H groups in total. The third-order valence-corrected chi connectivity index (χ3v) is 5.04. The van der Waals surface area contributed by atoms with Gasteiger partial charge in [-0.2, -0.15) is 0 Å². The van der Waals surface area contributed by atoms with Crippen molar-refractivity contribution >= 4 is 35.0 Å². The largest absolute Gasteiger partial charge is 0.457 e. The fourth-order valence-corrected chi connectivity index (χ4v) is 3.48. The number of aliphatic hydroxyl groups excluding tert-OH is 1. The van der Waals surface area contributed by atoms with Crippen LogP contribution in [0.5, 0.6) is 11.5 Å². The summed E-state index contributed by atoms with van der Waals surface area (Å²) in [5.41, 5.74) is 1.35. The second-order valence-corrected chi connectivity index (χ2v) is 7.16. The molecule has 0 fully saturated rings. The highest BCUT2D eigenvalue weighted by molar-refractivity contribution is 6.34. The highest BCUT2D eigenvalue weighted by Crippen LogP contribution is 2.30. The Morgan fingerprint density at radius 2 is 1.68 bits per heavy atom. The van der Waals surface area contributed by atoms with Crippen LogP contribution in [0.2, 0.25) is 5.02 Å². The Morgan fingerprint density at radius 3 is 2.45 bits per heavy atom. The first kappa shape index (κ1) is 20.6. The van der Waals surface area contributed by atoms with Gasteiger partial charge < -0.3 is 15.2 Å². The number of benzene rings is 3. The maximum absolute atomic E-state index is 12.5. The molecule has 4 rings (SSSR count). The maximum atomic E-state index is 12.5. The lowest BCUT2D eigenvalue weighted by Crippen LogP contribution is -2.32. The number of halogens is 1. The molecule has 1 heterocycles. The van der Waals surface area contributed by atoms with Crippen LogP contribution in [0.4, 0.5) is 5.69 Å². The Kier molecular flexibility index (Phi) is 5.70. The van der Waals surface area contributed by atoms with Gasteiger partial charge in [0.25, 0.3) is 17.7 Å². The number of rotatable bonds is 6. The molecule has 0 aromatic heterocycles. The summed E-state index contributed by atoms with van der Waals surface area (Å²) < 4.78 is 5.83. The van der Waals surface area contributed by atoms with Gasteiger partial charge in [-0.3, -0.25) is 19.3 Å². The van der Waals surface area contributed by atoms with Crippen LogP contribution in [0.1, 0.15) is 31.1 Å². The van der Waals surface area contributed by atoms with Crippen LogP contribution in [0.3, 0.4) is 0 Å². The molecular formula is C23H17ClN2O5. The molecule has 0 bridgehead atoms. The number of nitrogens with zero attached hydrogens (tertiary/aromatic N) is 1. The summed E-state index contributed by atoms with van der Waals surface area (Å²) in [6, 6.07) is 18.1. The minimum atomic E-state index is -0.472. The van der Waals surface area contributed by atoms with Crippen molar-refractivity contribution in [2.24, 2.45) is 0 Å². The minimum absolute atomic E-state index is 0.0598. The Bertz CT molecular complexity index is 1190. The fraction of sp³-hybridized carbons (Fsp3) is 0.0870. The van der Waals surface area contributed by atoms with E-state index >= 15 is 0 Å². The number of hydrogen-bond acceptors (Lipinski definition) is 5. The number of anilines is 1. The summed E-state index contributed by atoms with van der Waals surface area (Å²) in [6.07, 6.45) is 0. The molecular weight excluding hydrogens is 420 g/mol. The molecule has 0 saturated heterocycles. The summed E-state index contributed by atoms with van der Waals surface area (Å²) in [4.78, 5) is 38.1. The van der Waals surface area contributed by atoms with Crippen molar-refractivity contribution < 1.29 is 24.2 Å². The first-order chi connectivity index (χ1) is 15.0. The number of imide groups is 1. The van der Waals surface area contributed by atoms with Gasteiger partial charge in [0.2, 0.25) is 0 Å². The van der Waals surface area contributed by atoms with Crippen LogP contribution in [0.25, 0.3) is 0 Å². The molecule has 8 heteroatoms. The zero-order valence-corrected chi connectivity index (χ0v) is 16.9. The molecule has 1 aliphatic heterocycles. The average molecular weight is 437 g/mol. The van der Waals surface area contributed by atoms with Gasteiger partial charge in [-0.05, 0) is 42.5 Å². The maximum Gasteiger partial charge on any atom is 0.261 e. The van der Waals surface area contributed by atoms with Crippen LogP contribution in [-0.2, 0) is 0 Å². The van der Waals surface area contributed by atoms with E-state index in [2.05, 4.69) is 5.32 Å². The molecule has 0 spiro atoms. The van der Waals surface area contributed by atoms with Gasteiger partial charge in [0.1, 0.15) is 11.5 Å². The lowest BCUT2D eigenvalue weighted by Gasteiger charge is -2.11. The van der Waals surface area contributed by atoms with Gasteiger partial charge >= 0.3 is 0 Å². The summed E-state index contributed by atoms with van der Waals surface area (Å²) in [5, 5.41) is 12.2. The van der Waals surface area contributed by atoms with Gasteiger partial charge in [-0.25, -0.2) is 0 Å². The van der Waals surface area contributed by atoms with E-state index in [1.54, 1.807) is 54.6 Å². The van der Waals surface area contributed by atoms with Gasteiger partial charge in [-0.1, -0.05) is 29.8 Å². The molecule has 0 aliphatic carbocycles. The van der Waals surface area contributed by atoms with Crippen LogP contribution < -0.4 is 10.1 Å². The van der Waals surface area contributed by atoms with Gasteiger partial charge in [-0.15, -0.1) is 0 Å². The first-order valence-corrected chi connectivity index (χ1v) is 9.80. The highest BCUT2D eigenvalue weighted by Gasteiger charge is 2.35. The van der Waals surface area contributed by atoms with Crippen molar-refractivity contribution in [2.45, 2.75) is 0 Å². The topological polar surface area (TPSA) is 95.9 Å². The third-order valence-electron chi connectivity index (χ3n) is 4.71. The molecule has 0 atom stereocenters. The average Bonchev–Trinajstić information content (AvgIpc) is 2.99. The number of fused-ring (bicyclic) bond motifs is 1. The second kappa shape index (κ2) is 8.59. The molecule has 0 saturated carbocycles. The Labute approximate surface area is 182 Å². The standard InChI is InChI=1S/C23H17ClN2O5/c24-20-7-2-1-6-18(20)21(28)25-14-4-3-5-15(12-14)31-16-8-9-17-19(13-16)23(30)26(10-11-27)22(17)29/h1-9,12-13,27H,10-11H2,(H,25,28). The predicted molar refractivity (Wildman–Crippen MR) is 115 cm³/mol. The van der Waals surface area contributed by atoms with Crippen molar-refractivity contribution in [1.82, 2.24) is 4.90 Å². The van der Waals surface area contributed by atoms with E-state index in [0.29, 0.717) is 27.8 Å². The zero-order valence-electron chi connectivity index (χ0n) is 16.2. The minimum Gasteiger partial charge on any atom is -0.457 e. The number of hydrogen-bond donors (Lipinski definition) is 2. The monoisotopic (exact) mass is 436 g/mol. The van der Waals surface area contributed by atoms with Crippen molar-refractivity contribution in [3.63, 3.8) is 0 Å². The SMILES string of the molecule is O=C(Nc1cccc(Oc2ccc3c(c2)C(=O)N(CCO)C3=O)c1)c1ccccc1Cl. The summed E-state index contributed by atoms with van der Waals surface area (Å²) in [5.74, 6) is -0.472.